The van der Waals surface area contributed by atoms with Crippen molar-refractivity contribution in [2.75, 3.05) is 7.05 Å². The van der Waals surface area contributed by atoms with Crippen molar-refractivity contribution < 1.29 is 4.39 Å². The van der Waals surface area contributed by atoms with Gasteiger partial charge in [-0.05, 0) is 32.2 Å². The van der Waals surface area contributed by atoms with Crippen molar-refractivity contribution in [2.24, 2.45) is 0 Å². The number of halogens is 1. The summed E-state index contributed by atoms with van der Waals surface area (Å²) in [5.41, 5.74) is 3.63. The molecule has 2 aromatic heterocycles. The molecule has 3 nitrogen and oxygen atoms in total. The van der Waals surface area contributed by atoms with Crippen LogP contribution in [0.3, 0.4) is 0 Å². The fourth-order valence-electron chi connectivity index (χ4n) is 2.54. The van der Waals surface area contributed by atoms with E-state index in [0.717, 1.165) is 16.6 Å². The molecule has 1 N–H and O–H groups in total. The number of nitrogens with zero attached hydrogens (tertiary/aromatic N) is 2. The highest BCUT2D eigenvalue weighted by atomic mass is 19.1. The fraction of sp³-hybridized carbons (Fsp3) is 0.188. The zero-order chi connectivity index (χ0) is 14.1. The Kier molecular flexibility index (Phi) is 3.24. The molecule has 3 rings (SSSR count). The van der Waals surface area contributed by atoms with Crippen LogP contribution in [0.25, 0.3) is 5.52 Å². The van der Waals surface area contributed by atoms with Crippen molar-refractivity contribution >= 4 is 5.52 Å². The number of pyridine rings is 1. The Labute approximate surface area is 117 Å². The van der Waals surface area contributed by atoms with E-state index in [-0.39, 0.29) is 11.9 Å². The summed E-state index contributed by atoms with van der Waals surface area (Å²) in [5, 5.41) is 7.51. The van der Waals surface area contributed by atoms with E-state index in [4.69, 9.17) is 0 Å². The molecule has 3 aromatic rings. The summed E-state index contributed by atoms with van der Waals surface area (Å²) in [7, 11) is 1.83. The minimum atomic E-state index is -0.213. The van der Waals surface area contributed by atoms with Crippen molar-refractivity contribution in [2.45, 2.75) is 13.0 Å². The number of aryl methyl sites for hydroxylation is 1. The normalized spacial score (nSPS) is 12.8. The standard InChI is InChI=1S/C16H16FN3/c1-11-6-7-14(17)12(9-11)16(18-2)13-10-19-20-8-4-3-5-15(13)20/h3-10,16,18H,1-2H3. The highest BCUT2D eigenvalue weighted by Gasteiger charge is 2.19. The number of rotatable bonds is 3. The predicted molar refractivity (Wildman–Crippen MR) is 77.2 cm³/mol. The fourth-order valence-corrected chi connectivity index (χ4v) is 2.54. The van der Waals surface area contributed by atoms with Crippen LogP contribution in [0.4, 0.5) is 4.39 Å². The Morgan fingerprint density at radius 2 is 2.05 bits per heavy atom. The molecule has 2 heterocycles. The van der Waals surface area contributed by atoms with Gasteiger partial charge in [-0.25, -0.2) is 8.91 Å². The molecule has 1 aromatic carbocycles. The second-order valence-electron chi connectivity index (χ2n) is 4.88. The van der Waals surface area contributed by atoms with E-state index >= 15 is 0 Å². The van der Waals surface area contributed by atoms with Gasteiger partial charge in [-0.2, -0.15) is 5.10 Å². The average molecular weight is 269 g/mol. The lowest BCUT2D eigenvalue weighted by Gasteiger charge is -2.17. The highest BCUT2D eigenvalue weighted by Crippen LogP contribution is 2.27. The Balaban J connectivity index is 2.16. The van der Waals surface area contributed by atoms with E-state index in [1.807, 2.05) is 44.4 Å². The average Bonchev–Trinajstić information content (AvgIpc) is 2.88. The molecule has 0 aliphatic heterocycles. The molecule has 0 saturated carbocycles. The predicted octanol–water partition coefficient (Wildman–Crippen LogP) is 3.09. The first kappa shape index (κ1) is 12.8. The van der Waals surface area contributed by atoms with Gasteiger partial charge in [-0.1, -0.05) is 23.8 Å². The first-order chi connectivity index (χ1) is 9.70. The van der Waals surface area contributed by atoms with Crippen molar-refractivity contribution in [3.63, 3.8) is 0 Å². The van der Waals surface area contributed by atoms with Crippen LogP contribution in [0.1, 0.15) is 22.7 Å². The van der Waals surface area contributed by atoms with Crippen LogP contribution in [-0.2, 0) is 0 Å². The van der Waals surface area contributed by atoms with Crippen LogP contribution < -0.4 is 5.32 Å². The maximum Gasteiger partial charge on any atom is 0.128 e. The minimum absolute atomic E-state index is 0.203. The van der Waals surface area contributed by atoms with Crippen LogP contribution in [-0.4, -0.2) is 16.7 Å². The second kappa shape index (κ2) is 5.06. The van der Waals surface area contributed by atoms with Gasteiger partial charge in [0.1, 0.15) is 5.82 Å². The summed E-state index contributed by atoms with van der Waals surface area (Å²) in [5.74, 6) is -0.203. The number of benzene rings is 1. The summed E-state index contributed by atoms with van der Waals surface area (Å²) in [6.07, 6.45) is 3.68. The third kappa shape index (κ3) is 2.08. The van der Waals surface area contributed by atoms with Crippen LogP contribution in [0.2, 0.25) is 0 Å². The monoisotopic (exact) mass is 269 g/mol. The Morgan fingerprint density at radius 3 is 2.85 bits per heavy atom. The van der Waals surface area contributed by atoms with E-state index < -0.39 is 0 Å². The van der Waals surface area contributed by atoms with E-state index in [1.54, 1.807) is 16.8 Å². The molecule has 1 atom stereocenters. The zero-order valence-electron chi connectivity index (χ0n) is 11.5. The lowest BCUT2D eigenvalue weighted by atomic mass is 9.98. The lowest BCUT2D eigenvalue weighted by Crippen LogP contribution is -2.19. The van der Waals surface area contributed by atoms with Crippen LogP contribution in [0.15, 0.2) is 48.8 Å². The van der Waals surface area contributed by atoms with E-state index in [2.05, 4.69) is 10.4 Å². The van der Waals surface area contributed by atoms with Gasteiger partial charge >= 0.3 is 0 Å². The molecule has 0 radical (unpaired) electrons. The first-order valence-corrected chi connectivity index (χ1v) is 6.56. The largest absolute Gasteiger partial charge is 0.309 e. The van der Waals surface area contributed by atoms with E-state index in [9.17, 15) is 4.39 Å². The number of nitrogens with one attached hydrogen (secondary N) is 1. The van der Waals surface area contributed by atoms with Crippen LogP contribution in [0, 0.1) is 12.7 Å². The molecule has 102 valence electrons. The molecule has 4 heteroatoms. The Bertz CT molecular complexity index is 748. The summed E-state index contributed by atoms with van der Waals surface area (Å²) in [6.45, 7) is 1.96. The molecule has 0 saturated heterocycles. The van der Waals surface area contributed by atoms with Gasteiger partial charge in [0.15, 0.2) is 0 Å². The van der Waals surface area contributed by atoms with Gasteiger partial charge in [0, 0.05) is 17.3 Å². The van der Waals surface area contributed by atoms with Crippen molar-refractivity contribution in [3.05, 3.63) is 71.3 Å². The van der Waals surface area contributed by atoms with E-state index in [1.165, 1.54) is 6.07 Å². The number of fused-ring (bicyclic) bond motifs is 1. The third-order valence-corrected chi connectivity index (χ3v) is 3.52. The van der Waals surface area contributed by atoms with Crippen molar-refractivity contribution in [3.8, 4) is 0 Å². The minimum Gasteiger partial charge on any atom is -0.309 e. The summed E-state index contributed by atoms with van der Waals surface area (Å²) >= 11 is 0. The van der Waals surface area contributed by atoms with Gasteiger partial charge < -0.3 is 5.32 Å². The molecular formula is C16H16FN3. The smallest absolute Gasteiger partial charge is 0.128 e. The number of hydrogen-bond acceptors (Lipinski definition) is 2. The maximum atomic E-state index is 14.1. The molecule has 0 spiro atoms. The third-order valence-electron chi connectivity index (χ3n) is 3.52. The van der Waals surface area contributed by atoms with Gasteiger partial charge in [-0.15, -0.1) is 0 Å². The lowest BCUT2D eigenvalue weighted by molar-refractivity contribution is 0.577. The molecular weight excluding hydrogens is 253 g/mol. The first-order valence-electron chi connectivity index (χ1n) is 6.56. The topological polar surface area (TPSA) is 29.3 Å². The summed E-state index contributed by atoms with van der Waals surface area (Å²) < 4.78 is 15.9. The van der Waals surface area contributed by atoms with Gasteiger partial charge in [0.2, 0.25) is 0 Å². The molecule has 0 fully saturated rings. The second-order valence-corrected chi connectivity index (χ2v) is 4.88. The van der Waals surface area contributed by atoms with Gasteiger partial charge in [0.05, 0.1) is 17.8 Å². The van der Waals surface area contributed by atoms with Crippen LogP contribution in [0.5, 0.6) is 0 Å². The molecule has 1 unspecified atom stereocenters. The molecule has 0 amide bonds. The number of hydrogen-bond donors (Lipinski definition) is 1. The SMILES string of the molecule is CNC(c1cc(C)ccc1F)c1cnn2ccccc12. The zero-order valence-corrected chi connectivity index (χ0v) is 11.5. The van der Waals surface area contributed by atoms with Gasteiger partial charge in [-0.3, -0.25) is 0 Å². The quantitative estimate of drug-likeness (QED) is 0.791. The molecule has 0 aliphatic rings. The van der Waals surface area contributed by atoms with E-state index in [0.29, 0.717) is 5.56 Å². The molecule has 20 heavy (non-hydrogen) atoms. The molecule has 0 aliphatic carbocycles. The Morgan fingerprint density at radius 1 is 1.20 bits per heavy atom. The van der Waals surface area contributed by atoms with Crippen LogP contribution >= 0.6 is 0 Å². The van der Waals surface area contributed by atoms with Gasteiger partial charge in [0.25, 0.3) is 0 Å². The summed E-state index contributed by atoms with van der Waals surface area (Å²) in [4.78, 5) is 0. The summed E-state index contributed by atoms with van der Waals surface area (Å²) in [6, 6.07) is 10.8. The number of aromatic nitrogens is 2. The van der Waals surface area contributed by atoms with Crippen molar-refractivity contribution in [1.29, 1.82) is 0 Å². The molecule has 0 bridgehead atoms. The Hall–Kier alpha value is -2.20. The maximum absolute atomic E-state index is 14.1. The van der Waals surface area contributed by atoms with Crippen molar-refractivity contribution in [1.82, 2.24) is 14.9 Å². The highest BCUT2D eigenvalue weighted by molar-refractivity contribution is 5.57.